The molecular formula is C26H31FN2O3. The number of rotatable bonds is 7. The van der Waals surface area contributed by atoms with Gasteiger partial charge in [-0.15, -0.1) is 0 Å². The molecule has 2 fully saturated rings. The number of alkyl halides is 1. The number of fused-ring (bicyclic) bond motifs is 3. The van der Waals surface area contributed by atoms with Gasteiger partial charge in [0.25, 0.3) is 0 Å². The van der Waals surface area contributed by atoms with Crippen molar-refractivity contribution in [1.29, 1.82) is 0 Å². The van der Waals surface area contributed by atoms with E-state index in [4.69, 9.17) is 0 Å². The highest BCUT2D eigenvalue weighted by molar-refractivity contribution is 5.88. The van der Waals surface area contributed by atoms with Gasteiger partial charge in [-0.3, -0.25) is 9.48 Å². The molecule has 0 saturated heterocycles. The summed E-state index contributed by atoms with van der Waals surface area (Å²) in [7, 11) is 0. The van der Waals surface area contributed by atoms with Crippen LogP contribution in [0.25, 0.3) is 0 Å². The SMILES string of the molecule is Cc1cccc(C2(F)CCC(CCC(=O)Cn3nc(C(=O)O)c4c3C[C@H]3C[C@@H]43)CC2)c1C. The van der Waals surface area contributed by atoms with Gasteiger partial charge in [0.1, 0.15) is 5.67 Å². The molecule has 2 aromatic rings. The van der Waals surface area contributed by atoms with E-state index in [-0.39, 0.29) is 18.0 Å². The molecule has 5 rings (SSSR count). The minimum absolute atomic E-state index is 0.0828. The van der Waals surface area contributed by atoms with Crippen molar-refractivity contribution in [3.63, 3.8) is 0 Å². The number of hydrogen-bond acceptors (Lipinski definition) is 3. The van der Waals surface area contributed by atoms with Gasteiger partial charge < -0.3 is 5.11 Å². The Balaban J connectivity index is 1.16. The number of nitrogens with zero attached hydrogens (tertiary/aromatic N) is 2. The number of aromatic carboxylic acids is 1. The summed E-state index contributed by atoms with van der Waals surface area (Å²) in [6, 6.07) is 5.88. The number of carboxylic acid groups (broad SMARTS) is 1. The van der Waals surface area contributed by atoms with Crippen LogP contribution in [0.15, 0.2) is 18.2 Å². The number of Topliss-reactive ketones (excluding diaryl/α,β-unsaturated/α-hetero) is 1. The maximum absolute atomic E-state index is 15.7. The summed E-state index contributed by atoms with van der Waals surface area (Å²) in [6.45, 7) is 4.18. The Labute approximate surface area is 188 Å². The molecule has 0 bridgehead atoms. The predicted molar refractivity (Wildman–Crippen MR) is 119 cm³/mol. The first-order valence-corrected chi connectivity index (χ1v) is 11.9. The highest BCUT2D eigenvalue weighted by atomic mass is 19.1. The van der Waals surface area contributed by atoms with Crippen LogP contribution in [-0.2, 0) is 23.4 Å². The summed E-state index contributed by atoms with van der Waals surface area (Å²) in [4.78, 5) is 24.2. The minimum atomic E-state index is -1.26. The molecule has 3 aliphatic rings. The van der Waals surface area contributed by atoms with E-state index < -0.39 is 11.6 Å². The summed E-state index contributed by atoms with van der Waals surface area (Å²) in [5.41, 5.74) is 3.69. The lowest BCUT2D eigenvalue weighted by atomic mass is 9.73. The van der Waals surface area contributed by atoms with Gasteiger partial charge in [-0.05, 0) is 93.2 Å². The van der Waals surface area contributed by atoms with E-state index in [1.165, 1.54) is 0 Å². The normalized spacial score (nSPS) is 28.3. The van der Waals surface area contributed by atoms with E-state index in [2.05, 4.69) is 5.10 Å². The molecule has 2 atom stereocenters. The Bertz CT molecular complexity index is 1080. The Morgan fingerprint density at radius 3 is 2.72 bits per heavy atom. The van der Waals surface area contributed by atoms with E-state index in [0.717, 1.165) is 60.1 Å². The molecule has 0 spiro atoms. The van der Waals surface area contributed by atoms with Crippen molar-refractivity contribution in [2.24, 2.45) is 11.8 Å². The minimum Gasteiger partial charge on any atom is -0.476 e. The number of ketones is 1. The van der Waals surface area contributed by atoms with Gasteiger partial charge in [0.05, 0.1) is 6.54 Å². The molecule has 1 aromatic carbocycles. The van der Waals surface area contributed by atoms with Gasteiger partial charge in [-0.1, -0.05) is 18.2 Å². The topological polar surface area (TPSA) is 72.2 Å². The van der Waals surface area contributed by atoms with Crippen LogP contribution in [0.2, 0.25) is 0 Å². The fourth-order valence-corrected chi connectivity index (χ4v) is 6.02. The Morgan fingerprint density at radius 2 is 2.00 bits per heavy atom. The standard InChI is InChI=1S/C26H31FN2O3/c1-15-4-3-5-21(16(15)2)26(27)10-8-17(9-11-26)6-7-19(30)14-29-22-13-18-12-20(18)23(22)24(28-29)25(31)32/h3-5,17-18,20H,6-14H2,1-2H3,(H,31,32)/t17?,18-,20-,26?/m1/s1. The molecule has 1 aromatic heterocycles. The second kappa shape index (κ2) is 7.82. The highest BCUT2D eigenvalue weighted by Crippen LogP contribution is 2.57. The van der Waals surface area contributed by atoms with E-state index in [0.29, 0.717) is 37.0 Å². The van der Waals surface area contributed by atoms with Crippen molar-refractivity contribution < 1.29 is 19.1 Å². The maximum atomic E-state index is 15.7. The molecule has 1 N–H and O–H groups in total. The smallest absolute Gasteiger partial charge is 0.356 e. The van der Waals surface area contributed by atoms with E-state index in [1.807, 2.05) is 32.0 Å². The van der Waals surface area contributed by atoms with E-state index in [9.17, 15) is 14.7 Å². The van der Waals surface area contributed by atoms with Gasteiger partial charge in [0.2, 0.25) is 0 Å². The van der Waals surface area contributed by atoms with Crippen LogP contribution in [0.1, 0.15) is 89.3 Å². The monoisotopic (exact) mass is 438 g/mol. The van der Waals surface area contributed by atoms with Gasteiger partial charge >= 0.3 is 5.97 Å². The third-order valence-electron chi connectivity index (χ3n) is 8.19. The largest absolute Gasteiger partial charge is 0.476 e. The molecule has 0 aliphatic heterocycles. The Hall–Kier alpha value is -2.50. The van der Waals surface area contributed by atoms with Crippen molar-refractivity contribution in [3.8, 4) is 0 Å². The number of benzene rings is 1. The lowest BCUT2D eigenvalue weighted by Crippen LogP contribution is -2.28. The number of halogens is 1. The average Bonchev–Trinajstić information content (AvgIpc) is 3.28. The summed E-state index contributed by atoms with van der Waals surface area (Å²) in [5.74, 6) is 0.321. The average molecular weight is 439 g/mol. The molecular weight excluding hydrogens is 407 g/mol. The Kier molecular flexibility index (Phi) is 5.22. The zero-order valence-corrected chi connectivity index (χ0v) is 18.9. The highest BCUT2D eigenvalue weighted by Gasteiger charge is 2.50. The summed E-state index contributed by atoms with van der Waals surface area (Å²) >= 11 is 0. The molecule has 1 heterocycles. The molecule has 5 nitrogen and oxygen atoms in total. The first-order chi connectivity index (χ1) is 15.3. The zero-order chi connectivity index (χ0) is 22.6. The second-order valence-corrected chi connectivity index (χ2v) is 10.2. The van der Waals surface area contributed by atoms with Crippen molar-refractivity contribution in [2.75, 3.05) is 0 Å². The fourth-order valence-electron chi connectivity index (χ4n) is 6.02. The Morgan fingerprint density at radius 1 is 1.25 bits per heavy atom. The lowest BCUT2D eigenvalue weighted by Gasteiger charge is -2.35. The van der Waals surface area contributed by atoms with Crippen LogP contribution >= 0.6 is 0 Å². The molecule has 0 amide bonds. The van der Waals surface area contributed by atoms with Gasteiger partial charge in [0, 0.05) is 17.7 Å². The quantitative estimate of drug-likeness (QED) is 0.640. The molecule has 0 radical (unpaired) electrons. The molecule has 170 valence electrons. The molecule has 6 heteroatoms. The first-order valence-electron chi connectivity index (χ1n) is 11.9. The molecule has 3 aliphatic carbocycles. The van der Waals surface area contributed by atoms with E-state index >= 15 is 4.39 Å². The molecule has 2 saturated carbocycles. The van der Waals surface area contributed by atoms with Crippen molar-refractivity contribution in [3.05, 3.63) is 51.8 Å². The first kappa shape index (κ1) is 21.4. The van der Waals surface area contributed by atoms with Crippen LogP contribution in [0.4, 0.5) is 4.39 Å². The third-order valence-corrected chi connectivity index (χ3v) is 8.19. The van der Waals surface area contributed by atoms with Crippen molar-refractivity contribution in [2.45, 2.75) is 83.3 Å². The molecule has 32 heavy (non-hydrogen) atoms. The predicted octanol–water partition coefficient (Wildman–Crippen LogP) is 5.26. The number of aryl methyl sites for hydroxylation is 1. The zero-order valence-electron chi connectivity index (χ0n) is 18.9. The van der Waals surface area contributed by atoms with Crippen LogP contribution in [0.3, 0.4) is 0 Å². The number of carboxylic acids is 1. The third kappa shape index (κ3) is 3.67. The van der Waals surface area contributed by atoms with Crippen LogP contribution in [0, 0.1) is 25.7 Å². The van der Waals surface area contributed by atoms with Gasteiger partial charge in [-0.25, -0.2) is 9.18 Å². The molecule has 0 unspecified atom stereocenters. The second-order valence-electron chi connectivity index (χ2n) is 10.2. The number of hydrogen-bond donors (Lipinski definition) is 1. The van der Waals surface area contributed by atoms with Crippen LogP contribution < -0.4 is 0 Å². The van der Waals surface area contributed by atoms with Crippen molar-refractivity contribution >= 4 is 11.8 Å². The maximum Gasteiger partial charge on any atom is 0.356 e. The fraction of sp³-hybridized carbons (Fsp3) is 0.577. The number of carbonyl (C=O) groups excluding carboxylic acids is 1. The van der Waals surface area contributed by atoms with Crippen LogP contribution in [-0.4, -0.2) is 26.6 Å². The van der Waals surface area contributed by atoms with E-state index in [1.54, 1.807) is 4.68 Å². The van der Waals surface area contributed by atoms with Gasteiger partial charge in [-0.2, -0.15) is 5.10 Å². The van der Waals surface area contributed by atoms with Gasteiger partial charge in [0.15, 0.2) is 11.5 Å². The number of carbonyl (C=O) groups is 2. The van der Waals surface area contributed by atoms with Crippen LogP contribution in [0.5, 0.6) is 0 Å². The number of aromatic nitrogens is 2. The van der Waals surface area contributed by atoms with Crippen molar-refractivity contribution in [1.82, 2.24) is 9.78 Å². The summed E-state index contributed by atoms with van der Waals surface area (Å²) < 4.78 is 17.3. The lowest BCUT2D eigenvalue weighted by molar-refractivity contribution is -0.120. The summed E-state index contributed by atoms with van der Waals surface area (Å²) in [6.07, 6.45) is 5.70. The summed E-state index contributed by atoms with van der Waals surface area (Å²) in [5, 5.41) is 13.7.